The van der Waals surface area contributed by atoms with Crippen molar-refractivity contribution in [3.8, 4) is 11.5 Å². The average Bonchev–Trinajstić information content (AvgIpc) is 3.00. The summed E-state index contributed by atoms with van der Waals surface area (Å²) in [6, 6.07) is 16.0. The molecule has 0 radical (unpaired) electrons. The van der Waals surface area contributed by atoms with Crippen LogP contribution in [0.2, 0.25) is 5.02 Å². The summed E-state index contributed by atoms with van der Waals surface area (Å²) >= 11 is 7.11. The van der Waals surface area contributed by atoms with Gasteiger partial charge in [-0.2, -0.15) is 0 Å². The summed E-state index contributed by atoms with van der Waals surface area (Å²) in [6.45, 7) is 0.264. The normalized spacial score (nSPS) is 10.5. The molecule has 0 spiro atoms. The Hall–Kier alpha value is -2.51. The molecule has 0 saturated heterocycles. The summed E-state index contributed by atoms with van der Waals surface area (Å²) in [5.41, 5.74) is 0. The van der Waals surface area contributed by atoms with Crippen LogP contribution in [0.25, 0.3) is 0 Å². The zero-order valence-corrected chi connectivity index (χ0v) is 15.5. The SMILES string of the molecule is Cn1c(COc2ccc(Cl)cc2)nnc1SCC(=O)Oc1ccccc1. The Kier molecular flexibility index (Phi) is 6.14. The van der Waals surface area contributed by atoms with Crippen LogP contribution in [0.5, 0.6) is 11.5 Å². The van der Waals surface area contributed by atoms with E-state index in [0.717, 1.165) is 0 Å². The molecule has 8 heteroatoms. The molecule has 0 unspecified atom stereocenters. The van der Waals surface area contributed by atoms with Crippen molar-refractivity contribution in [2.45, 2.75) is 11.8 Å². The van der Waals surface area contributed by atoms with Gasteiger partial charge >= 0.3 is 5.97 Å². The van der Waals surface area contributed by atoms with E-state index in [1.165, 1.54) is 11.8 Å². The first-order chi connectivity index (χ1) is 12.6. The highest BCUT2D eigenvalue weighted by atomic mass is 35.5. The number of halogens is 1. The van der Waals surface area contributed by atoms with Crippen molar-refractivity contribution in [3.63, 3.8) is 0 Å². The Morgan fingerprint density at radius 1 is 1.08 bits per heavy atom. The Labute approximate surface area is 160 Å². The van der Waals surface area contributed by atoms with E-state index in [9.17, 15) is 4.79 Å². The fourth-order valence-electron chi connectivity index (χ4n) is 2.05. The van der Waals surface area contributed by atoms with Crippen LogP contribution >= 0.6 is 23.4 Å². The number of para-hydroxylation sites is 1. The summed E-state index contributed by atoms with van der Waals surface area (Å²) in [6.07, 6.45) is 0. The second kappa shape index (κ2) is 8.73. The van der Waals surface area contributed by atoms with Crippen LogP contribution in [-0.2, 0) is 18.4 Å². The van der Waals surface area contributed by atoms with Gasteiger partial charge in [-0.15, -0.1) is 10.2 Å². The number of hydrogen-bond donors (Lipinski definition) is 0. The highest BCUT2D eigenvalue weighted by Crippen LogP contribution is 2.19. The lowest BCUT2D eigenvalue weighted by atomic mass is 10.3. The quantitative estimate of drug-likeness (QED) is 0.348. The maximum Gasteiger partial charge on any atom is 0.321 e. The Morgan fingerprint density at radius 3 is 2.54 bits per heavy atom. The molecule has 0 aliphatic carbocycles. The minimum absolute atomic E-state index is 0.138. The first-order valence-electron chi connectivity index (χ1n) is 7.77. The van der Waals surface area contributed by atoms with Crippen LogP contribution in [0.3, 0.4) is 0 Å². The Balaban J connectivity index is 1.51. The zero-order chi connectivity index (χ0) is 18.4. The van der Waals surface area contributed by atoms with Gasteiger partial charge in [-0.3, -0.25) is 4.79 Å². The van der Waals surface area contributed by atoms with Gasteiger partial charge < -0.3 is 14.0 Å². The van der Waals surface area contributed by atoms with Crippen molar-refractivity contribution in [1.82, 2.24) is 14.8 Å². The van der Waals surface area contributed by atoms with Gasteiger partial charge in [0, 0.05) is 12.1 Å². The minimum Gasteiger partial charge on any atom is -0.486 e. The molecule has 1 aromatic heterocycles. The maximum absolute atomic E-state index is 11.9. The molecule has 1 heterocycles. The van der Waals surface area contributed by atoms with Gasteiger partial charge in [-0.1, -0.05) is 41.6 Å². The van der Waals surface area contributed by atoms with E-state index >= 15 is 0 Å². The van der Waals surface area contributed by atoms with E-state index in [1.54, 1.807) is 41.0 Å². The van der Waals surface area contributed by atoms with Crippen molar-refractivity contribution in [1.29, 1.82) is 0 Å². The molecule has 0 aliphatic heterocycles. The van der Waals surface area contributed by atoms with Crippen molar-refractivity contribution >= 4 is 29.3 Å². The summed E-state index contributed by atoms with van der Waals surface area (Å²) in [5.74, 6) is 1.66. The lowest BCUT2D eigenvalue weighted by Gasteiger charge is -2.07. The van der Waals surface area contributed by atoms with Crippen molar-refractivity contribution < 1.29 is 14.3 Å². The van der Waals surface area contributed by atoms with Gasteiger partial charge in [0.2, 0.25) is 0 Å². The van der Waals surface area contributed by atoms with Gasteiger partial charge in [0.25, 0.3) is 0 Å². The van der Waals surface area contributed by atoms with Crippen molar-refractivity contribution in [3.05, 3.63) is 65.4 Å². The van der Waals surface area contributed by atoms with E-state index in [0.29, 0.717) is 27.5 Å². The molecule has 0 fully saturated rings. The monoisotopic (exact) mass is 389 g/mol. The Bertz CT molecular complexity index is 869. The first-order valence-corrected chi connectivity index (χ1v) is 9.13. The van der Waals surface area contributed by atoms with Gasteiger partial charge in [0.15, 0.2) is 11.0 Å². The molecule has 3 rings (SSSR count). The maximum atomic E-state index is 11.9. The second-order valence-corrected chi connectivity index (χ2v) is 6.66. The summed E-state index contributed by atoms with van der Waals surface area (Å²) in [4.78, 5) is 11.9. The highest BCUT2D eigenvalue weighted by molar-refractivity contribution is 7.99. The van der Waals surface area contributed by atoms with E-state index < -0.39 is 0 Å². The van der Waals surface area contributed by atoms with E-state index in [-0.39, 0.29) is 18.3 Å². The molecule has 134 valence electrons. The average molecular weight is 390 g/mol. The van der Waals surface area contributed by atoms with Crippen LogP contribution in [-0.4, -0.2) is 26.5 Å². The molecular weight excluding hydrogens is 374 g/mol. The van der Waals surface area contributed by atoms with Crippen LogP contribution in [0.4, 0.5) is 0 Å². The number of esters is 1. The molecule has 0 aliphatic rings. The minimum atomic E-state index is -0.344. The number of ether oxygens (including phenoxy) is 2. The fraction of sp³-hybridized carbons (Fsp3) is 0.167. The van der Waals surface area contributed by atoms with Gasteiger partial charge in [0.1, 0.15) is 18.1 Å². The third-order valence-electron chi connectivity index (χ3n) is 3.40. The number of hydrogen-bond acceptors (Lipinski definition) is 6. The van der Waals surface area contributed by atoms with Crippen LogP contribution in [0.1, 0.15) is 5.82 Å². The summed E-state index contributed by atoms with van der Waals surface area (Å²) < 4.78 is 12.7. The second-order valence-electron chi connectivity index (χ2n) is 5.28. The fourth-order valence-corrected chi connectivity index (χ4v) is 2.88. The predicted octanol–water partition coefficient (Wildman–Crippen LogP) is 3.75. The molecule has 2 aromatic carbocycles. The summed E-state index contributed by atoms with van der Waals surface area (Å²) in [5, 5.41) is 9.45. The third kappa shape index (κ3) is 5.00. The molecule has 26 heavy (non-hydrogen) atoms. The number of thioether (sulfide) groups is 1. The van der Waals surface area contributed by atoms with E-state index in [2.05, 4.69) is 10.2 Å². The molecule has 0 bridgehead atoms. The molecule has 3 aromatic rings. The molecule has 6 nitrogen and oxygen atoms in total. The molecule has 0 N–H and O–H groups in total. The third-order valence-corrected chi connectivity index (χ3v) is 4.65. The van der Waals surface area contributed by atoms with Gasteiger partial charge in [-0.05, 0) is 36.4 Å². The zero-order valence-electron chi connectivity index (χ0n) is 14.0. The van der Waals surface area contributed by atoms with Crippen LogP contribution < -0.4 is 9.47 Å². The topological polar surface area (TPSA) is 66.2 Å². The van der Waals surface area contributed by atoms with Crippen molar-refractivity contribution in [2.75, 3.05) is 5.75 Å². The standard InChI is InChI=1S/C18H16ClN3O3S/c1-22-16(11-24-14-9-7-13(19)8-10-14)20-21-18(22)26-12-17(23)25-15-5-3-2-4-6-15/h2-10H,11-12H2,1H3. The number of carbonyl (C=O) groups excluding carboxylic acids is 1. The lowest BCUT2D eigenvalue weighted by molar-refractivity contribution is -0.131. The number of rotatable bonds is 7. The first kappa shape index (κ1) is 18.3. The van der Waals surface area contributed by atoms with Crippen LogP contribution in [0, 0.1) is 0 Å². The van der Waals surface area contributed by atoms with Gasteiger partial charge in [0.05, 0.1) is 5.75 Å². The van der Waals surface area contributed by atoms with Gasteiger partial charge in [-0.25, -0.2) is 0 Å². The smallest absolute Gasteiger partial charge is 0.321 e. The molecule has 0 amide bonds. The highest BCUT2D eigenvalue weighted by Gasteiger charge is 2.13. The lowest BCUT2D eigenvalue weighted by Crippen LogP contribution is -2.11. The van der Waals surface area contributed by atoms with E-state index in [4.69, 9.17) is 21.1 Å². The number of nitrogens with zero attached hydrogens (tertiary/aromatic N) is 3. The molecular formula is C18H16ClN3O3S. The number of aromatic nitrogens is 3. The van der Waals surface area contributed by atoms with Crippen LogP contribution in [0.15, 0.2) is 59.8 Å². The number of carbonyl (C=O) groups is 1. The largest absolute Gasteiger partial charge is 0.486 e. The predicted molar refractivity (Wildman–Crippen MR) is 99.6 cm³/mol. The molecule has 0 saturated carbocycles. The van der Waals surface area contributed by atoms with E-state index in [1.807, 2.05) is 25.2 Å². The Morgan fingerprint density at radius 2 is 1.81 bits per heavy atom. The number of benzene rings is 2. The molecule has 0 atom stereocenters. The summed E-state index contributed by atoms with van der Waals surface area (Å²) in [7, 11) is 1.82. The van der Waals surface area contributed by atoms with Crippen molar-refractivity contribution in [2.24, 2.45) is 7.05 Å².